The fourth-order valence-electron chi connectivity index (χ4n) is 4.27. The van der Waals surface area contributed by atoms with E-state index in [0.717, 1.165) is 36.3 Å². The Morgan fingerprint density at radius 1 is 1.10 bits per heavy atom. The number of anilines is 2. The van der Waals surface area contributed by atoms with Crippen molar-refractivity contribution >= 4 is 23.2 Å². The van der Waals surface area contributed by atoms with Crippen LogP contribution in [0.1, 0.15) is 45.1 Å². The lowest BCUT2D eigenvalue weighted by atomic mass is 9.88. The number of imide groups is 1. The standard InChI is InChI=1S/C24H28N2O3/c1-3-4-8-17(2)21-14-23(27)26(24(21)28)20-11-12-22-18(13-20)15-25(16-29-22)19-9-6-5-7-10-19/h5-7,9-13,17,21H,3-4,8,14-16H2,1-2H3. The molecular weight excluding hydrogens is 364 g/mol. The highest BCUT2D eigenvalue weighted by atomic mass is 16.5. The number of hydrogen-bond acceptors (Lipinski definition) is 4. The second kappa shape index (κ2) is 8.27. The van der Waals surface area contributed by atoms with Crippen molar-refractivity contribution in [3.8, 4) is 5.75 Å². The van der Waals surface area contributed by atoms with Crippen LogP contribution >= 0.6 is 0 Å². The molecule has 0 aromatic heterocycles. The van der Waals surface area contributed by atoms with E-state index in [-0.39, 0.29) is 23.7 Å². The second-order valence-corrected chi connectivity index (χ2v) is 8.10. The summed E-state index contributed by atoms with van der Waals surface area (Å²) in [7, 11) is 0. The molecule has 0 radical (unpaired) electrons. The fourth-order valence-corrected chi connectivity index (χ4v) is 4.27. The lowest BCUT2D eigenvalue weighted by Gasteiger charge is -2.31. The maximum Gasteiger partial charge on any atom is 0.237 e. The first-order chi connectivity index (χ1) is 14.1. The van der Waals surface area contributed by atoms with Gasteiger partial charge < -0.3 is 9.64 Å². The van der Waals surface area contributed by atoms with Gasteiger partial charge in [-0.15, -0.1) is 0 Å². The lowest BCUT2D eigenvalue weighted by molar-refractivity contribution is -0.122. The lowest BCUT2D eigenvalue weighted by Crippen LogP contribution is -2.34. The van der Waals surface area contributed by atoms with Gasteiger partial charge in [0.05, 0.1) is 11.6 Å². The molecule has 2 aliphatic heterocycles. The second-order valence-electron chi connectivity index (χ2n) is 8.10. The van der Waals surface area contributed by atoms with Crippen LogP contribution in [0.2, 0.25) is 0 Å². The molecule has 1 saturated heterocycles. The van der Waals surface area contributed by atoms with Crippen LogP contribution in [0.3, 0.4) is 0 Å². The number of carbonyl (C=O) groups excluding carboxylic acids is 2. The SMILES string of the molecule is CCCCC(C)C1CC(=O)N(c2ccc3c(c2)CN(c2ccccc2)CO3)C1=O. The first kappa shape index (κ1) is 19.5. The van der Waals surface area contributed by atoms with Gasteiger partial charge in [-0.3, -0.25) is 14.5 Å². The highest BCUT2D eigenvalue weighted by Gasteiger charge is 2.42. The number of benzene rings is 2. The number of nitrogens with zero attached hydrogens (tertiary/aromatic N) is 2. The molecule has 5 nitrogen and oxygen atoms in total. The zero-order valence-electron chi connectivity index (χ0n) is 17.1. The molecule has 2 amide bonds. The average molecular weight is 392 g/mol. The Labute approximate surface area is 172 Å². The Morgan fingerprint density at radius 2 is 1.90 bits per heavy atom. The molecule has 2 aromatic rings. The molecule has 0 aliphatic carbocycles. The summed E-state index contributed by atoms with van der Waals surface area (Å²) in [4.78, 5) is 29.2. The third-order valence-corrected chi connectivity index (χ3v) is 6.04. The van der Waals surface area contributed by atoms with Crippen molar-refractivity contribution in [3.05, 3.63) is 54.1 Å². The first-order valence-corrected chi connectivity index (χ1v) is 10.5. The number of para-hydroxylation sites is 1. The number of carbonyl (C=O) groups is 2. The molecule has 0 N–H and O–H groups in total. The van der Waals surface area contributed by atoms with Crippen molar-refractivity contribution in [2.75, 3.05) is 16.5 Å². The molecule has 152 valence electrons. The van der Waals surface area contributed by atoms with Gasteiger partial charge in [-0.05, 0) is 42.7 Å². The Morgan fingerprint density at radius 3 is 2.66 bits per heavy atom. The van der Waals surface area contributed by atoms with E-state index in [4.69, 9.17) is 4.74 Å². The van der Waals surface area contributed by atoms with Crippen molar-refractivity contribution in [1.29, 1.82) is 0 Å². The topological polar surface area (TPSA) is 49.9 Å². The van der Waals surface area contributed by atoms with E-state index < -0.39 is 0 Å². The first-order valence-electron chi connectivity index (χ1n) is 10.5. The minimum atomic E-state index is -0.206. The quantitative estimate of drug-likeness (QED) is 0.666. The van der Waals surface area contributed by atoms with Crippen molar-refractivity contribution < 1.29 is 14.3 Å². The number of ether oxygens (including phenoxy) is 1. The van der Waals surface area contributed by atoms with Gasteiger partial charge in [-0.25, -0.2) is 0 Å². The van der Waals surface area contributed by atoms with Gasteiger partial charge >= 0.3 is 0 Å². The predicted molar refractivity (Wildman–Crippen MR) is 114 cm³/mol. The zero-order valence-corrected chi connectivity index (χ0v) is 17.1. The molecule has 2 aromatic carbocycles. The summed E-state index contributed by atoms with van der Waals surface area (Å²) in [5, 5.41) is 0. The molecule has 1 fully saturated rings. The largest absolute Gasteiger partial charge is 0.473 e. The van der Waals surface area contributed by atoms with Crippen molar-refractivity contribution in [1.82, 2.24) is 0 Å². The van der Waals surface area contributed by atoms with E-state index in [9.17, 15) is 9.59 Å². The van der Waals surface area contributed by atoms with Gasteiger partial charge in [0.15, 0.2) is 6.73 Å². The minimum absolute atomic E-state index is 0.0600. The highest BCUT2D eigenvalue weighted by molar-refractivity contribution is 6.21. The Balaban J connectivity index is 1.54. The van der Waals surface area contributed by atoms with E-state index in [1.165, 1.54) is 4.90 Å². The van der Waals surface area contributed by atoms with Crippen LogP contribution in [-0.4, -0.2) is 18.5 Å². The molecule has 2 aliphatic rings. The number of unbranched alkanes of at least 4 members (excludes halogenated alkanes) is 1. The molecule has 4 rings (SSSR count). The van der Waals surface area contributed by atoms with E-state index in [1.807, 2.05) is 48.5 Å². The Kier molecular flexibility index (Phi) is 5.56. The molecule has 2 heterocycles. The highest BCUT2D eigenvalue weighted by Crippen LogP contribution is 2.36. The van der Waals surface area contributed by atoms with Gasteiger partial charge in [0.1, 0.15) is 5.75 Å². The predicted octanol–water partition coefficient (Wildman–Crippen LogP) is 4.75. The third-order valence-electron chi connectivity index (χ3n) is 6.04. The molecule has 2 atom stereocenters. The summed E-state index contributed by atoms with van der Waals surface area (Å²) in [5.41, 5.74) is 2.73. The van der Waals surface area contributed by atoms with Gasteiger partial charge in [-0.2, -0.15) is 0 Å². The van der Waals surface area contributed by atoms with Gasteiger partial charge in [-0.1, -0.05) is 44.9 Å². The van der Waals surface area contributed by atoms with Gasteiger partial charge in [0, 0.05) is 24.2 Å². The Bertz CT molecular complexity index is 896. The van der Waals surface area contributed by atoms with E-state index >= 15 is 0 Å². The maximum absolute atomic E-state index is 13.0. The number of fused-ring (bicyclic) bond motifs is 1. The smallest absolute Gasteiger partial charge is 0.237 e. The van der Waals surface area contributed by atoms with E-state index in [0.29, 0.717) is 25.4 Å². The summed E-state index contributed by atoms with van der Waals surface area (Å²) in [5.74, 6) is 0.677. The average Bonchev–Trinajstić information content (AvgIpc) is 3.05. The van der Waals surface area contributed by atoms with Crippen molar-refractivity contribution in [3.63, 3.8) is 0 Å². The molecule has 5 heteroatoms. The van der Waals surface area contributed by atoms with Crippen LogP contribution in [0, 0.1) is 11.8 Å². The summed E-state index contributed by atoms with van der Waals surface area (Å²) in [6, 6.07) is 15.7. The molecule has 0 bridgehead atoms. The monoisotopic (exact) mass is 392 g/mol. The van der Waals surface area contributed by atoms with Crippen LogP contribution in [0.25, 0.3) is 0 Å². The summed E-state index contributed by atoms with van der Waals surface area (Å²) < 4.78 is 5.90. The van der Waals surface area contributed by atoms with Crippen LogP contribution in [0.15, 0.2) is 48.5 Å². The number of rotatable bonds is 6. The summed E-state index contributed by atoms with van der Waals surface area (Å²) in [6.45, 7) is 5.40. The van der Waals surface area contributed by atoms with Crippen LogP contribution in [0.5, 0.6) is 5.75 Å². The fraction of sp³-hybridized carbons (Fsp3) is 0.417. The molecular formula is C24H28N2O3. The molecule has 0 saturated carbocycles. The van der Waals surface area contributed by atoms with Gasteiger partial charge in [0.2, 0.25) is 11.8 Å². The molecule has 0 spiro atoms. The molecule has 2 unspecified atom stereocenters. The number of hydrogen-bond donors (Lipinski definition) is 0. The summed E-state index contributed by atoms with van der Waals surface area (Å²) >= 11 is 0. The number of amides is 2. The maximum atomic E-state index is 13.0. The zero-order chi connectivity index (χ0) is 20.4. The van der Waals surface area contributed by atoms with Crippen LogP contribution < -0.4 is 14.5 Å². The van der Waals surface area contributed by atoms with E-state index in [1.54, 1.807) is 0 Å². The Hall–Kier alpha value is -2.82. The van der Waals surface area contributed by atoms with Crippen molar-refractivity contribution in [2.24, 2.45) is 11.8 Å². The van der Waals surface area contributed by atoms with Crippen LogP contribution in [-0.2, 0) is 16.1 Å². The van der Waals surface area contributed by atoms with E-state index in [2.05, 4.69) is 18.7 Å². The third kappa shape index (κ3) is 3.86. The molecule has 29 heavy (non-hydrogen) atoms. The van der Waals surface area contributed by atoms with Crippen LogP contribution in [0.4, 0.5) is 11.4 Å². The normalized spacial score (nSPS) is 19.9. The van der Waals surface area contributed by atoms with Crippen molar-refractivity contribution in [2.45, 2.75) is 46.1 Å². The summed E-state index contributed by atoms with van der Waals surface area (Å²) in [6.07, 6.45) is 3.49. The van der Waals surface area contributed by atoms with Gasteiger partial charge in [0.25, 0.3) is 0 Å². The minimum Gasteiger partial charge on any atom is -0.473 e.